The van der Waals surface area contributed by atoms with Crippen molar-refractivity contribution in [2.24, 2.45) is 0 Å². The summed E-state index contributed by atoms with van der Waals surface area (Å²) in [5, 5.41) is 13.7. The van der Waals surface area contributed by atoms with Crippen LogP contribution in [0.15, 0.2) is 60.7 Å². The minimum absolute atomic E-state index is 0.128. The molecule has 0 aliphatic rings. The lowest BCUT2D eigenvalue weighted by Crippen LogP contribution is -2.37. The van der Waals surface area contributed by atoms with Crippen LogP contribution in [0.3, 0.4) is 0 Å². The first-order valence-electron chi connectivity index (χ1n) is 6.97. The van der Waals surface area contributed by atoms with E-state index >= 15 is 0 Å². The van der Waals surface area contributed by atoms with E-state index in [9.17, 15) is 9.90 Å². The highest BCUT2D eigenvalue weighted by Gasteiger charge is 2.22. The summed E-state index contributed by atoms with van der Waals surface area (Å²) in [5.41, 5.74) is 0.411. The second kappa shape index (κ2) is 7.25. The summed E-state index contributed by atoms with van der Waals surface area (Å²) >= 11 is 6.01. The second-order valence-corrected chi connectivity index (χ2v) is 5.62. The third-order valence-electron chi connectivity index (χ3n) is 3.32. The van der Waals surface area contributed by atoms with Gasteiger partial charge in [-0.15, -0.1) is 0 Å². The predicted octanol–water partition coefficient (Wildman–Crippen LogP) is 3.38. The zero-order chi connectivity index (χ0) is 16.0. The Morgan fingerprint density at radius 3 is 2.50 bits per heavy atom. The van der Waals surface area contributed by atoms with Crippen molar-refractivity contribution in [1.29, 1.82) is 0 Å². The van der Waals surface area contributed by atoms with Crippen molar-refractivity contribution in [3.05, 3.63) is 76.8 Å². The molecule has 3 nitrogen and oxygen atoms in total. The Morgan fingerprint density at radius 2 is 1.82 bits per heavy atom. The summed E-state index contributed by atoms with van der Waals surface area (Å²) in [6, 6.07) is 16.5. The molecule has 0 fully saturated rings. The molecule has 0 spiro atoms. The summed E-state index contributed by atoms with van der Waals surface area (Å²) in [6.07, 6.45) is 3.05. The molecule has 2 aromatic carbocycles. The van der Waals surface area contributed by atoms with Gasteiger partial charge in [-0.25, -0.2) is 0 Å². The molecule has 2 N–H and O–H groups in total. The Kier molecular flexibility index (Phi) is 5.36. The lowest BCUT2D eigenvalue weighted by Gasteiger charge is -2.23. The van der Waals surface area contributed by atoms with Crippen molar-refractivity contribution >= 4 is 23.6 Å². The number of carbonyl (C=O) groups is 1. The average molecular weight is 316 g/mol. The van der Waals surface area contributed by atoms with Crippen LogP contribution in [0, 0.1) is 0 Å². The van der Waals surface area contributed by atoms with Crippen molar-refractivity contribution in [2.75, 3.05) is 6.54 Å². The number of carbonyl (C=O) groups excluding carboxylic acids is 1. The highest BCUT2D eigenvalue weighted by atomic mass is 35.5. The Bertz CT molecular complexity index is 666. The summed E-state index contributed by atoms with van der Waals surface area (Å²) in [5.74, 6) is -0.281. The van der Waals surface area contributed by atoms with Crippen LogP contribution in [0.2, 0.25) is 5.02 Å². The molecule has 0 saturated carbocycles. The molecule has 22 heavy (non-hydrogen) atoms. The molecule has 4 heteroatoms. The fourth-order valence-corrected chi connectivity index (χ4v) is 2.19. The van der Waals surface area contributed by atoms with Crippen molar-refractivity contribution in [3.8, 4) is 0 Å². The van der Waals surface area contributed by atoms with Gasteiger partial charge in [0.2, 0.25) is 5.91 Å². The number of aliphatic hydroxyl groups is 1. The summed E-state index contributed by atoms with van der Waals surface area (Å²) in [4.78, 5) is 11.9. The molecule has 2 rings (SSSR count). The smallest absolute Gasteiger partial charge is 0.244 e. The molecule has 0 aliphatic carbocycles. The van der Waals surface area contributed by atoms with E-state index in [0.29, 0.717) is 5.02 Å². The Morgan fingerprint density at radius 1 is 1.18 bits per heavy atom. The topological polar surface area (TPSA) is 49.3 Å². The third kappa shape index (κ3) is 4.45. The lowest BCUT2D eigenvalue weighted by atomic mass is 9.96. The summed E-state index contributed by atoms with van der Waals surface area (Å²) in [6.45, 7) is 1.79. The fourth-order valence-electron chi connectivity index (χ4n) is 1.99. The SMILES string of the molecule is C[C@](O)(CNC(=O)/C=C/c1ccccc1Cl)c1ccccc1. The van der Waals surface area contributed by atoms with E-state index in [1.165, 1.54) is 6.08 Å². The zero-order valence-corrected chi connectivity index (χ0v) is 13.0. The molecule has 114 valence electrons. The molecule has 1 amide bonds. The maximum atomic E-state index is 11.9. The molecule has 0 aliphatic heterocycles. The molecule has 0 heterocycles. The van der Waals surface area contributed by atoms with E-state index < -0.39 is 5.60 Å². The standard InChI is InChI=1S/C18H18ClNO2/c1-18(22,15-8-3-2-4-9-15)13-20-17(21)12-11-14-7-5-6-10-16(14)19/h2-12,22H,13H2,1H3,(H,20,21)/b12-11+/t18-/m0/s1. The molecular formula is C18H18ClNO2. The van der Waals surface area contributed by atoms with E-state index in [4.69, 9.17) is 11.6 Å². The van der Waals surface area contributed by atoms with Crippen LogP contribution >= 0.6 is 11.6 Å². The van der Waals surface area contributed by atoms with Gasteiger partial charge in [-0.3, -0.25) is 4.79 Å². The van der Waals surface area contributed by atoms with Gasteiger partial charge in [0, 0.05) is 11.1 Å². The molecular weight excluding hydrogens is 298 g/mol. The maximum Gasteiger partial charge on any atom is 0.244 e. The highest BCUT2D eigenvalue weighted by Crippen LogP contribution is 2.19. The van der Waals surface area contributed by atoms with Crippen molar-refractivity contribution in [3.63, 3.8) is 0 Å². The minimum Gasteiger partial charge on any atom is -0.384 e. The Balaban J connectivity index is 1.94. The number of nitrogens with one attached hydrogen (secondary N) is 1. The van der Waals surface area contributed by atoms with Crippen molar-refractivity contribution in [2.45, 2.75) is 12.5 Å². The van der Waals surface area contributed by atoms with E-state index in [1.807, 2.05) is 48.5 Å². The second-order valence-electron chi connectivity index (χ2n) is 5.21. The number of benzene rings is 2. The van der Waals surface area contributed by atoms with Crippen LogP contribution in [0.4, 0.5) is 0 Å². The predicted molar refractivity (Wildman–Crippen MR) is 89.5 cm³/mol. The number of amides is 1. The number of halogens is 1. The number of hydrogen-bond acceptors (Lipinski definition) is 2. The lowest BCUT2D eigenvalue weighted by molar-refractivity contribution is -0.117. The van der Waals surface area contributed by atoms with Gasteiger partial charge in [0.1, 0.15) is 5.60 Å². The van der Waals surface area contributed by atoms with E-state index in [0.717, 1.165) is 11.1 Å². The first-order valence-corrected chi connectivity index (χ1v) is 7.35. The van der Waals surface area contributed by atoms with Gasteiger partial charge < -0.3 is 10.4 Å². The largest absolute Gasteiger partial charge is 0.384 e. The maximum absolute atomic E-state index is 11.9. The Hall–Kier alpha value is -2.10. The Labute approximate surface area is 135 Å². The van der Waals surface area contributed by atoms with Gasteiger partial charge in [0.15, 0.2) is 0 Å². The first-order chi connectivity index (χ1) is 10.5. The van der Waals surface area contributed by atoms with Gasteiger partial charge in [-0.2, -0.15) is 0 Å². The molecule has 1 atom stereocenters. The van der Waals surface area contributed by atoms with Gasteiger partial charge in [0.05, 0.1) is 6.54 Å². The minimum atomic E-state index is -1.12. The first kappa shape index (κ1) is 16.3. The van der Waals surface area contributed by atoms with Crippen LogP contribution in [0.25, 0.3) is 6.08 Å². The highest BCUT2D eigenvalue weighted by molar-refractivity contribution is 6.32. The van der Waals surface area contributed by atoms with Crippen LogP contribution in [-0.2, 0) is 10.4 Å². The summed E-state index contributed by atoms with van der Waals surface area (Å²) < 4.78 is 0. The van der Waals surface area contributed by atoms with Gasteiger partial charge in [-0.05, 0) is 30.2 Å². The third-order valence-corrected chi connectivity index (χ3v) is 3.67. The molecule has 0 aromatic heterocycles. The van der Waals surface area contributed by atoms with Crippen LogP contribution < -0.4 is 5.32 Å². The zero-order valence-electron chi connectivity index (χ0n) is 12.3. The molecule has 0 saturated heterocycles. The average Bonchev–Trinajstić information content (AvgIpc) is 2.53. The molecule has 0 radical (unpaired) electrons. The van der Waals surface area contributed by atoms with Crippen molar-refractivity contribution < 1.29 is 9.90 Å². The van der Waals surface area contributed by atoms with Gasteiger partial charge in [-0.1, -0.05) is 60.1 Å². The monoisotopic (exact) mass is 315 g/mol. The van der Waals surface area contributed by atoms with E-state index in [-0.39, 0.29) is 12.5 Å². The normalized spacial score (nSPS) is 13.8. The fraction of sp³-hybridized carbons (Fsp3) is 0.167. The van der Waals surface area contributed by atoms with Gasteiger partial charge >= 0.3 is 0 Å². The number of hydrogen-bond donors (Lipinski definition) is 2. The van der Waals surface area contributed by atoms with Gasteiger partial charge in [0.25, 0.3) is 0 Å². The van der Waals surface area contributed by atoms with Crippen molar-refractivity contribution in [1.82, 2.24) is 5.32 Å². The summed E-state index contributed by atoms with van der Waals surface area (Å²) in [7, 11) is 0. The van der Waals surface area contributed by atoms with E-state index in [1.54, 1.807) is 19.1 Å². The quantitative estimate of drug-likeness (QED) is 0.831. The van der Waals surface area contributed by atoms with E-state index in [2.05, 4.69) is 5.32 Å². The van der Waals surface area contributed by atoms with Crippen LogP contribution in [0.1, 0.15) is 18.1 Å². The molecule has 2 aromatic rings. The molecule has 0 unspecified atom stereocenters. The molecule has 0 bridgehead atoms. The van der Waals surface area contributed by atoms with Crippen LogP contribution in [-0.4, -0.2) is 17.6 Å². The van der Waals surface area contributed by atoms with Crippen LogP contribution in [0.5, 0.6) is 0 Å². The number of rotatable bonds is 5.